The summed E-state index contributed by atoms with van der Waals surface area (Å²) < 4.78 is 34.4. The largest absolute Gasteiger partial charge is 0.756 e. The molecule has 0 aliphatic carbocycles. The SMILES string of the molecule is CCCCCCCCCCCCCCCCCCCCCCCCCCCCCCCCCCCCCC(=O)OC(COC(=O)CCCCCCCCCCCCCCCCCCCCCCCCCCCC)COP(=O)([O-])OCC[N+](C)(C)C. The third kappa shape index (κ3) is 72.0. The van der Waals surface area contributed by atoms with E-state index in [-0.39, 0.29) is 32.0 Å². The zero-order valence-corrected chi connectivity index (χ0v) is 59.0. The fraction of sp³-hybridized carbons (Fsp3) is 0.973. The van der Waals surface area contributed by atoms with E-state index < -0.39 is 26.5 Å². The van der Waals surface area contributed by atoms with Gasteiger partial charge in [0.15, 0.2) is 6.10 Å². The molecule has 9 nitrogen and oxygen atoms in total. The minimum absolute atomic E-state index is 0.0247. The van der Waals surface area contributed by atoms with Crippen LogP contribution in [0.15, 0.2) is 0 Å². The van der Waals surface area contributed by atoms with Gasteiger partial charge in [0.25, 0.3) is 7.82 Å². The van der Waals surface area contributed by atoms with Gasteiger partial charge in [-0.1, -0.05) is 393 Å². The maximum absolute atomic E-state index is 12.9. The fourth-order valence-electron chi connectivity index (χ4n) is 12.0. The Morgan fingerprint density at radius 1 is 0.318 bits per heavy atom. The molecule has 0 aliphatic rings. The van der Waals surface area contributed by atoms with Crippen LogP contribution >= 0.6 is 7.82 Å². The number of hydrogen-bond donors (Lipinski definition) is 0. The third-order valence-electron chi connectivity index (χ3n) is 17.9. The van der Waals surface area contributed by atoms with Gasteiger partial charge >= 0.3 is 11.9 Å². The summed E-state index contributed by atoms with van der Waals surface area (Å²) in [7, 11) is 1.20. The Labute approximate surface area is 531 Å². The van der Waals surface area contributed by atoms with Crippen molar-refractivity contribution >= 4 is 19.8 Å². The van der Waals surface area contributed by atoms with Crippen molar-refractivity contribution in [2.45, 2.75) is 424 Å². The number of carbonyl (C=O) groups is 2. The van der Waals surface area contributed by atoms with Gasteiger partial charge in [0, 0.05) is 12.8 Å². The third-order valence-corrected chi connectivity index (χ3v) is 18.8. The molecule has 85 heavy (non-hydrogen) atoms. The summed E-state index contributed by atoms with van der Waals surface area (Å²) in [6.07, 6.45) is 82.2. The molecule has 0 aliphatic heterocycles. The minimum atomic E-state index is -4.64. The number of quaternary nitrogens is 1. The van der Waals surface area contributed by atoms with E-state index in [1.54, 1.807) is 0 Å². The molecular formula is C75H150NO8P. The Morgan fingerprint density at radius 3 is 0.753 bits per heavy atom. The predicted molar refractivity (Wildman–Crippen MR) is 365 cm³/mol. The smallest absolute Gasteiger partial charge is 0.306 e. The van der Waals surface area contributed by atoms with Crippen LogP contribution in [0.25, 0.3) is 0 Å². The minimum Gasteiger partial charge on any atom is -0.756 e. The summed E-state index contributed by atoms with van der Waals surface area (Å²) in [5, 5.41) is 0. The molecule has 0 saturated heterocycles. The van der Waals surface area contributed by atoms with Crippen LogP contribution in [0.4, 0.5) is 0 Å². The quantitative estimate of drug-likeness (QED) is 0.0256. The Hall–Kier alpha value is -0.990. The average Bonchev–Trinajstić information content (AvgIpc) is 3.51. The highest BCUT2D eigenvalue weighted by Gasteiger charge is 2.22. The molecule has 2 atom stereocenters. The maximum atomic E-state index is 12.9. The topological polar surface area (TPSA) is 111 Å². The molecule has 0 fully saturated rings. The lowest BCUT2D eigenvalue weighted by Crippen LogP contribution is -2.37. The normalized spacial score (nSPS) is 13.0. The predicted octanol–water partition coefficient (Wildman–Crippen LogP) is 24.3. The molecule has 10 heteroatoms. The van der Waals surface area contributed by atoms with Gasteiger partial charge in [0.1, 0.15) is 19.8 Å². The number of unbranched alkanes of at least 4 members (excludes halogenated alkanes) is 59. The summed E-state index contributed by atoms with van der Waals surface area (Å²) in [6, 6.07) is 0. The Morgan fingerprint density at radius 2 is 0.529 bits per heavy atom. The Kier molecular flexibility index (Phi) is 66.6. The first-order chi connectivity index (χ1) is 41.5. The van der Waals surface area contributed by atoms with Gasteiger partial charge in [0.05, 0.1) is 27.7 Å². The molecule has 508 valence electrons. The van der Waals surface area contributed by atoms with Crippen LogP contribution < -0.4 is 4.89 Å². The molecule has 0 aromatic rings. The summed E-state index contributed by atoms with van der Waals surface area (Å²) in [6.45, 7) is 4.35. The number of nitrogens with zero attached hydrogens (tertiary/aromatic N) is 1. The lowest BCUT2D eigenvalue weighted by molar-refractivity contribution is -0.870. The maximum Gasteiger partial charge on any atom is 0.306 e. The van der Waals surface area contributed by atoms with Crippen LogP contribution in [-0.4, -0.2) is 70.0 Å². The van der Waals surface area contributed by atoms with Crippen molar-refractivity contribution in [3.63, 3.8) is 0 Å². The van der Waals surface area contributed by atoms with E-state index in [2.05, 4.69) is 13.8 Å². The van der Waals surface area contributed by atoms with Crippen molar-refractivity contribution in [1.82, 2.24) is 0 Å². The molecule has 0 amide bonds. The first kappa shape index (κ1) is 84.0. The van der Waals surface area contributed by atoms with E-state index in [0.29, 0.717) is 17.4 Å². The van der Waals surface area contributed by atoms with Crippen LogP contribution in [0.3, 0.4) is 0 Å². The van der Waals surface area contributed by atoms with Crippen LogP contribution in [0, 0.1) is 0 Å². The van der Waals surface area contributed by atoms with Gasteiger partial charge < -0.3 is 27.9 Å². The molecule has 0 N–H and O–H groups in total. The van der Waals surface area contributed by atoms with E-state index in [0.717, 1.165) is 32.1 Å². The van der Waals surface area contributed by atoms with Crippen LogP contribution in [0.1, 0.15) is 418 Å². The van der Waals surface area contributed by atoms with Crippen molar-refractivity contribution < 1.29 is 42.1 Å². The molecule has 0 aromatic heterocycles. The van der Waals surface area contributed by atoms with E-state index in [4.69, 9.17) is 18.5 Å². The monoisotopic (exact) mass is 1220 g/mol. The standard InChI is InChI=1S/C75H150NO8P/c1-6-8-10-12-14-16-18-20-22-24-26-28-30-32-34-35-36-37-38-39-40-41-42-44-46-48-50-52-54-56-58-60-62-64-66-68-75(78)84-73(72-83-85(79,80)82-70-69-76(3,4)5)71-81-74(77)67-65-63-61-59-57-55-53-51-49-47-45-43-33-31-29-27-25-23-21-19-17-15-13-11-9-7-2/h73H,6-72H2,1-5H3. The highest BCUT2D eigenvalue weighted by molar-refractivity contribution is 7.45. The van der Waals surface area contributed by atoms with Crippen molar-refractivity contribution in [3.8, 4) is 0 Å². The fourth-order valence-corrected chi connectivity index (χ4v) is 12.7. The van der Waals surface area contributed by atoms with E-state index in [1.807, 2.05) is 21.1 Å². The molecule has 0 radical (unpaired) electrons. The highest BCUT2D eigenvalue weighted by Crippen LogP contribution is 2.38. The van der Waals surface area contributed by atoms with Crippen LogP contribution in [0.5, 0.6) is 0 Å². The summed E-state index contributed by atoms with van der Waals surface area (Å²) >= 11 is 0. The van der Waals surface area contributed by atoms with Gasteiger partial charge in [-0.2, -0.15) is 0 Å². The number of phosphoric ester groups is 1. The number of likely N-dealkylation sites (N-methyl/N-ethyl adjacent to an activating group) is 1. The van der Waals surface area contributed by atoms with E-state index in [9.17, 15) is 19.0 Å². The van der Waals surface area contributed by atoms with Crippen molar-refractivity contribution in [2.24, 2.45) is 0 Å². The zero-order chi connectivity index (χ0) is 61.9. The number of esters is 2. The van der Waals surface area contributed by atoms with Crippen LogP contribution in [-0.2, 0) is 32.7 Å². The van der Waals surface area contributed by atoms with Crippen LogP contribution in [0.2, 0.25) is 0 Å². The average molecular weight is 1220 g/mol. The zero-order valence-electron chi connectivity index (χ0n) is 58.1. The number of hydrogen-bond acceptors (Lipinski definition) is 8. The Bertz CT molecular complexity index is 1390. The van der Waals surface area contributed by atoms with Crippen molar-refractivity contribution in [2.75, 3.05) is 47.5 Å². The second-order valence-corrected chi connectivity index (χ2v) is 29.2. The number of carbonyl (C=O) groups excluding carboxylic acids is 2. The van der Waals surface area contributed by atoms with Gasteiger partial charge in [-0.25, -0.2) is 0 Å². The van der Waals surface area contributed by atoms with Gasteiger partial charge in [-0.15, -0.1) is 0 Å². The highest BCUT2D eigenvalue weighted by atomic mass is 31.2. The second-order valence-electron chi connectivity index (χ2n) is 27.7. The first-order valence-electron chi connectivity index (χ1n) is 38.2. The van der Waals surface area contributed by atoms with Crippen molar-refractivity contribution in [1.29, 1.82) is 0 Å². The number of phosphoric acid groups is 1. The Balaban J connectivity index is 3.90. The molecule has 0 bridgehead atoms. The molecular weight excluding hydrogens is 1070 g/mol. The second kappa shape index (κ2) is 67.4. The molecule has 0 heterocycles. The molecule has 0 spiro atoms. The summed E-state index contributed by atoms with van der Waals surface area (Å²) in [5.41, 5.74) is 0. The number of rotatable bonds is 73. The van der Waals surface area contributed by atoms with E-state index in [1.165, 1.54) is 353 Å². The molecule has 0 rings (SSSR count). The summed E-state index contributed by atoms with van der Waals surface area (Å²) in [5.74, 6) is -0.802. The number of ether oxygens (including phenoxy) is 2. The van der Waals surface area contributed by atoms with Gasteiger partial charge in [0.2, 0.25) is 0 Å². The van der Waals surface area contributed by atoms with Crippen molar-refractivity contribution in [3.05, 3.63) is 0 Å². The van der Waals surface area contributed by atoms with Gasteiger partial charge in [-0.05, 0) is 12.8 Å². The molecule has 0 aromatic carbocycles. The van der Waals surface area contributed by atoms with Gasteiger partial charge in [-0.3, -0.25) is 14.2 Å². The molecule has 2 unspecified atom stereocenters. The van der Waals surface area contributed by atoms with E-state index >= 15 is 0 Å². The lowest BCUT2D eigenvalue weighted by atomic mass is 10.0. The first-order valence-corrected chi connectivity index (χ1v) is 39.7. The summed E-state index contributed by atoms with van der Waals surface area (Å²) in [4.78, 5) is 38.1. The lowest BCUT2D eigenvalue weighted by Gasteiger charge is -2.28. The molecule has 0 saturated carbocycles.